The lowest BCUT2D eigenvalue weighted by Crippen LogP contribution is -2.47. The van der Waals surface area contributed by atoms with E-state index >= 15 is 0 Å². The molecule has 2 N–H and O–H groups in total. The fourth-order valence-electron chi connectivity index (χ4n) is 2.80. The predicted molar refractivity (Wildman–Crippen MR) is 103 cm³/mol. The Bertz CT molecular complexity index is 931. The second-order valence-electron chi connectivity index (χ2n) is 6.01. The number of ether oxygens (including phenoxy) is 2. The summed E-state index contributed by atoms with van der Waals surface area (Å²) in [7, 11) is 0. The smallest absolute Gasteiger partial charge is 0.338 e. The average Bonchev–Trinajstić information content (AvgIpc) is 3.24. The van der Waals surface area contributed by atoms with Gasteiger partial charge in [0.25, 0.3) is 0 Å². The minimum atomic E-state index is -0.726. The second kappa shape index (κ2) is 9.41. The van der Waals surface area contributed by atoms with Crippen LogP contribution in [0.1, 0.15) is 24.3 Å². The average molecular weight is 396 g/mol. The van der Waals surface area contributed by atoms with E-state index < -0.39 is 24.0 Å². The van der Waals surface area contributed by atoms with Gasteiger partial charge in [0, 0.05) is 6.08 Å². The van der Waals surface area contributed by atoms with Gasteiger partial charge in [0.2, 0.25) is 0 Å². The van der Waals surface area contributed by atoms with Gasteiger partial charge in [-0.05, 0) is 30.7 Å². The molecule has 1 aliphatic rings. The molecule has 150 valence electrons. The van der Waals surface area contributed by atoms with E-state index in [1.54, 1.807) is 43.3 Å². The Morgan fingerprint density at radius 3 is 2.62 bits per heavy atom. The lowest BCUT2D eigenvalue weighted by molar-refractivity contribution is -0.140. The second-order valence-corrected chi connectivity index (χ2v) is 6.01. The van der Waals surface area contributed by atoms with Crippen LogP contribution in [0.4, 0.5) is 4.79 Å². The highest BCUT2D eigenvalue weighted by Gasteiger charge is 2.34. The molecule has 1 aromatic carbocycles. The molecule has 2 heterocycles. The number of hydrogen-bond donors (Lipinski definition) is 2. The summed E-state index contributed by atoms with van der Waals surface area (Å²) >= 11 is 0. The van der Waals surface area contributed by atoms with E-state index in [0.29, 0.717) is 11.3 Å². The van der Waals surface area contributed by atoms with Crippen molar-refractivity contribution in [1.29, 1.82) is 0 Å². The molecule has 1 aromatic heterocycles. The molecule has 2 aromatic rings. The summed E-state index contributed by atoms with van der Waals surface area (Å²) in [4.78, 5) is 36.7. The normalized spacial score (nSPS) is 16.3. The topological polar surface area (TPSA) is 107 Å². The van der Waals surface area contributed by atoms with Gasteiger partial charge < -0.3 is 24.5 Å². The molecule has 0 fully saturated rings. The van der Waals surface area contributed by atoms with Crippen LogP contribution in [0.5, 0.6) is 0 Å². The van der Waals surface area contributed by atoms with Gasteiger partial charge in [-0.2, -0.15) is 0 Å². The summed E-state index contributed by atoms with van der Waals surface area (Å²) in [5, 5.41) is 5.25. The highest BCUT2D eigenvalue weighted by molar-refractivity contribution is 5.95. The largest absolute Gasteiger partial charge is 0.465 e. The van der Waals surface area contributed by atoms with Gasteiger partial charge in [-0.15, -0.1) is 0 Å². The van der Waals surface area contributed by atoms with Crippen molar-refractivity contribution in [2.75, 3.05) is 13.2 Å². The molecular formula is C21H20N2O6. The standard InChI is InChI=1S/C21H20N2O6/c1-2-27-20(25)18-16(13-29-17(24)11-10-15-9-6-12-28-15)22-21(26)23-19(18)14-7-4-3-5-8-14/h3-12,19H,2,13H2,1H3,(H2,22,23,26)/b11-10+/t19-/m1/s1. The fourth-order valence-corrected chi connectivity index (χ4v) is 2.80. The number of nitrogens with one attached hydrogen (secondary N) is 2. The maximum Gasteiger partial charge on any atom is 0.338 e. The SMILES string of the molecule is CCOC(=O)C1=C(COC(=O)/C=C/c2ccco2)NC(=O)N[C@@H]1c1ccccc1. The molecule has 29 heavy (non-hydrogen) atoms. The number of urea groups is 1. The first kappa shape index (κ1) is 19.9. The van der Waals surface area contributed by atoms with Crippen molar-refractivity contribution in [2.45, 2.75) is 13.0 Å². The fraction of sp³-hybridized carbons (Fsp3) is 0.190. The van der Waals surface area contributed by atoms with Crippen molar-refractivity contribution in [3.63, 3.8) is 0 Å². The van der Waals surface area contributed by atoms with Crippen LogP contribution in [0.2, 0.25) is 0 Å². The van der Waals surface area contributed by atoms with Gasteiger partial charge in [-0.25, -0.2) is 14.4 Å². The van der Waals surface area contributed by atoms with Gasteiger partial charge in [0.05, 0.1) is 30.2 Å². The van der Waals surface area contributed by atoms with Gasteiger partial charge in [0.1, 0.15) is 12.4 Å². The third-order valence-electron chi connectivity index (χ3n) is 4.07. The van der Waals surface area contributed by atoms with Gasteiger partial charge in [0.15, 0.2) is 0 Å². The first-order valence-electron chi connectivity index (χ1n) is 8.99. The van der Waals surface area contributed by atoms with Crippen molar-refractivity contribution < 1.29 is 28.3 Å². The Hall–Kier alpha value is -3.81. The van der Waals surface area contributed by atoms with Crippen molar-refractivity contribution in [2.24, 2.45) is 0 Å². The zero-order valence-electron chi connectivity index (χ0n) is 15.7. The molecule has 8 heteroatoms. The number of hydrogen-bond acceptors (Lipinski definition) is 6. The maximum absolute atomic E-state index is 12.6. The number of carbonyl (C=O) groups is 3. The van der Waals surface area contributed by atoms with Crippen LogP contribution < -0.4 is 10.6 Å². The molecule has 0 saturated carbocycles. The van der Waals surface area contributed by atoms with E-state index in [4.69, 9.17) is 13.9 Å². The molecule has 0 spiro atoms. The Labute approximate surface area is 167 Å². The first-order chi connectivity index (χ1) is 14.1. The highest BCUT2D eigenvalue weighted by Crippen LogP contribution is 2.27. The monoisotopic (exact) mass is 396 g/mol. The molecule has 8 nitrogen and oxygen atoms in total. The summed E-state index contributed by atoms with van der Waals surface area (Å²) in [6.45, 7) is 1.55. The van der Waals surface area contributed by atoms with Crippen molar-refractivity contribution in [3.8, 4) is 0 Å². The maximum atomic E-state index is 12.6. The van der Waals surface area contributed by atoms with Crippen molar-refractivity contribution in [1.82, 2.24) is 10.6 Å². The van der Waals surface area contributed by atoms with Crippen LogP contribution in [0.15, 0.2) is 70.5 Å². The van der Waals surface area contributed by atoms with Crippen LogP contribution in [0.25, 0.3) is 6.08 Å². The Morgan fingerprint density at radius 1 is 1.14 bits per heavy atom. The lowest BCUT2D eigenvalue weighted by Gasteiger charge is -2.29. The zero-order valence-corrected chi connectivity index (χ0v) is 15.7. The third kappa shape index (κ3) is 5.13. The van der Waals surface area contributed by atoms with E-state index in [0.717, 1.165) is 0 Å². The van der Waals surface area contributed by atoms with Crippen molar-refractivity contribution in [3.05, 3.63) is 77.4 Å². The number of rotatable bonds is 7. The summed E-state index contributed by atoms with van der Waals surface area (Å²) in [5.41, 5.74) is 1.05. The number of carbonyl (C=O) groups excluding carboxylic acids is 3. The summed E-state index contributed by atoms with van der Waals surface area (Å²) in [6.07, 6.45) is 4.13. The predicted octanol–water partition coefficient (Wildman–Crippen LogP) is 2.71. The first-order valence-corrected chi connectivity index (χ1v) is 8.99. The Kier molecular flexibility index (Phi) is 6.47. The minimum Gasteiger partial charge on any atom is -0.465 e. The van der Waals surface area contributed by atoms with Crippen LogP contribution in [0, 0.1) is 0 Å². The molecule has 0 saturated heterocycles. The van der Waals surface area contributed by atoms with Gasteiger partial charge in [-0.3, -0.25) is 0 Å². The highest BCUT2D eigenvalue weighted by atomic mass is 16.5. The summed E-state index contributed by atoms with van der Waals surface area (Å²) < 4.78 is 15.4. The van der Waals surface area contributed by atoms with Crippen LogP contribution in [-0.2, 0) is 19.1 Å². The molecule has 0 radical (unpaired) electrons. The Balaban J connectivity index is 1.83. The molecule has 3 rings (SSSR count). The molecule has 2 amide bonds. The summed E-state index contributed by atoms with van der Waals surface area (Å²) in [6, 6.07) is 11.1. The van der Waals surface area contributed by atoms with E-state index in [1.807, 2.05) is 6.07 Å². The number of benzene rings is 1. The molecular weight excluding hydrogens is 376 g/mol. The lowest BCUT2D eigenvalue weighted by atomic mass is 9.95. The van der Waals surface area contributed by atoms with Gasteiger partial charge in [-0.1, -0.05) is 30.3 Å². The molecule has 1 atom stereocenters. The number of furan rings is 1. The van der Waals surface area contributed by atoms with Crippen LogP contribution in [0.3, 0.4) is 0 Å². The third-order valence-corrected chi connectivity index (χ3v) is 4.07. The van der Waals surface area contributed by atoms with E-state index in [-0.39, 0.29) is 24.5 Å². The number of amides is 2. The zero-order chi connectivity index (χ0) is 20.6. The van der Waals surface area contributed by atoms with Crippen molar-refractivity contribution >= 4 is 24.0 Å². The molecule has 1 aliphatic heterocycles. The van der Waals surface area contributed by atoms with E-state index in [9.17, 15) is 14.4 Å². The van der Waals surface area contributed by atoms with Crippen LogP contribution in [-0.4, -0.2) is 31.2 Å². The van der Waals surface area contributed by atoms with Crippen LogP contribution >= 0.6 is 0 Å². The molecule has 0 unspecified atom stereocenters. The molecule has 0 aliphatic carbocycles. The van der Waals surface area contributed by atoms with Gasteiger partial charge >= 0.3 is 18.0 Å². The van der Waals surface area contributed by atoms with E-state index in [1.165, 1.54) is 18.4 Å². The minimum absolute atomic E-state index is 0.163. The summed E-state index contributed by atoms with van der Waals surface area (Å²) in [5.74, 6) is -0.764. The van der Waals surface area contributed by atoms with E-state index in [2.05, 4.69) is 10.6 Å². The quantitative estimate of drug-likeness (QED) is 0.551. The molecule has 0 bridgehead atoms. The Morgan fingerprint density at radius 2 is 1.93 bits per heavy atom. The number of esters is 2.